The van der Waals surface area contributed by atoms with E-state index in [0.717, 1.165) is 0 Å². The van der Waals surface area contributed by atoms with Crippen molar-refractivity contribution in [2.24, 2.45) is 0 Å². The Morgan fingerprint density at radius 3 is 1.62 bits per heavy atom. The summed E-state index contributed by atoms with van der Waals surface area (Å²) in [7, 11) is -3.87. The number of hydrogen-bond donors (Lipinski definition) is 1. The van der Waals surface area contributed by atoms with Gasteiger partial charge in [-0.05, 0) is 49.6 Å². The Morgan fingerprint density at radius 2 is 1.29 bits per heavy atom. The molecule has 0 aromatic heterocycles. The van der Waals surface area contributed by atoms with Crippen LogP contribution in [0.1, 0.15) is 61.3 Å². The average molecular weight is 377 g/mol. The molecule has 0 unspecified atom stereocenters. The number of carboxylic acids is 1. The molecule has 24 heavy (non-hydrogen) atoms. The molecule has 0 saturated carbocycles. The smallest absolute Gasteiger partial charge is 0.305 e. The second-order valence-electron chi connectivity index (χ2n) is 10.0. The standard InChI is InChI=1S/C18H40O4Si2/c1-14(21-23(8,9)17(2,3)4)12-15(13-16(19)20)22-24(10,11)18(5,6)7/h14-15H,12-13H2,1-11H3,(H,19,20)/t14-,15-/m1/s1. The minimum atomic E-state index is -2.00. The molecule has 144 valence electrons. The van der Waals surface area contributed by atoms with Crippen molar-refractivity contribution < 1.29 is 18.8 Å². The topological polar surface area (TPSA) is 55.8 Å². The van der Waals surface area contributed by atoms with E-state index in [1.165, 1.54) is 0 Å². The highest BCUT2D eigenvalue weighted by molar-refractivity contribution is 6.74. The highest BCUT2D eigenvalue weighted by atomic mass is 28.4. The van der Waals surface area contributed by atoms with Crippen LogP contribution in [0, 0.1) is 0 Å². The fourth-order valence-corrected chi connectivity index (χ4v) is 4.88. The third-order valence-electron chi connectivity index (χ3n) is 5.57. The van der Waals surface area contributed by atoms with Crippen LogP contribution >= 0.6 is 0 Å². The monoisotopic (exact) mass is 376 g/mol. The maximum atomic E-state index is 11.3. The van der Waals surface area contributed by atoms with E-state index in [0.29, 0.717) is 6.42 Å². The number of aliphatic carboxylic acids is 1. The lowest BCUT2D eigenvalue weighted by molar-refractivity contribution is -0.139. The minimum Gasteiger partial charge on any atom is -0.481 e. The van der Waals surface area contributed by atoms with Crippen molar-refractivity contribution in [3.63, 3.8) is 0 Å². The molecular weight excluding hydrogens is 336 g/mol. The van der Waals surface area contributed by atoms with Gasteiger partial charge in [0, 0.05) is 6.10 Å². The van der Waals surface area contributed by atoms with Crippen molar-refractivity contribution in [3.8, 4) is 0 Å². The van der Waals surface area contributed by atoms with Gasteiger partial charge in [0.2, 0.25) is 0 Å². The Hall–Kier alpha value is -0.176. The highest BCUT2D eigenvalue weighted by Gasteiger charge is 2.41. The zero-order valence-corrected chi connectivity index (χ0v) is 19.7. The second kappa shape index (κ2) is 8.02. The number of carbonyl (C=O) groups is 1. The lowest BCUT2D eigenvalue weighted by Gasteiger charge is -2.41. The Labute approximate surface area is 151 Å². The van der Waals surface area contributed by atoms with Crippen LogP contribution in [0.2, 0.25) is 36.3 Å². The van der Waals surface area contributed by atoms with E-state index in [1.54, 1.807) is 0 Å². The molecular formula is C18H40O4Si2. The molecule has 0 aliphatic carbocycles. The molecule has 6 heteroatoms. The predicted molar refractivity (Wildman–Crippen MR) is 107 cm³/mol. The van der Waals surface area contributed by atoms with Crippen molar-refractivity contribution in [2.75, 3.05) is 0 Å². The molecule has 0 spiro atoms. The summed E-state index contributed by atoms with van der Waals surface area (Å²) >= 11 is 0. The first-order valence-corrected chi connectivity index (χ1v) is 14.8. The normalized spacial score (nSPS) is 16.8. The number of carboxylic acid groups (broad SMARTS) is 1. The van der Waals surface area contributed by atoms with Gasteiger partial charge in [-0.3, -0.25) is 4.79 Å². The van der Waals surface area contributed by atoms with E-state index < -0.39 is 22.6 Å². The predicted octanol–water partition coefficient (Wildman–Crippen LogP) is 5.65. The van der Waals surface area contributed by atoms with Crippen LogP contribution in [0.25, 0.3) is 0 Å². The first kappa shape index (κ1) is 23.8. The molecule has 0 aromatic carbocycles. The molecule has 4 nitrogen and oxygen atoms in total. The van der Waals surface area contributed by atoms with Gasteiger partial charge in [0.15, 0.2) is 16.6 Å². The molecule has 0 radical (unpaired) electrons. The van der Waals surface area contributed by atoms with Crippen LogP contribution in [0.3, 0.4) is 0 Å². The zero-order valence-electron chi connectivity index (χ0n) is 17.7. The fourth-order valence-electron chi connectivity index (χ4n) is 2.06. The summed E-state index contributed by atoms with van der Waals surface area (Å²) < 4.78 is 12.8. The van der Waals surface area contributed by atoms with Gasteiger partial charge < -0.3 is 14.0 Å². The summed E-state index contributed by atoms with van der Waals surface area (Å²) in [5, 5.41) is 9.47. The Kier molecular flexibility index (Phi) is 7.96. The van der Waals surface area contributed by atoms with Gasteiger partial charge in [-0.1, -0.05) is 41.5 Å². The largest absolute Gasteiger partial charge is 0.481 e. The Morgan fingerprint density at radius 1 is 0.917 bits per heavy atom. The maximum absolute atomic E-state index is 11.3. The van der Waals surface area contributed by atoms with E-state index in [1.807, 2.05) is 6.92 Å². The quantitative estimate of drug-likeness (QED) is 0.556. The molecule has 0 fully saturated rings. The molecule has 2 atom stereocenters. The lowest BCUT2D eigenvalue weighted by atomic mass is 10.1. The van der Waals surface area contributed by atoms with Crippen LogP contribution in [0.4, 0.5) is 0 Å². The van der Waals surface area contributed by atoms with E-state index in [4.69, 9.17) is 8.85 Å². The van der Waals surface area contributed by atoms with E-state index in [-0.39, 0.29) is 28.7 Å². The molecule has 0 aliphatic rings. The van der Waals surface area contributed by atoms with Crippen molar-refractivity contribution in [1.29, 1.82) is 0 Å². The fraction of sp³-hybridized carbons (Fsp3) is 0.944. The first-order valence-electron chi connectivity index (χ1n) is 8.96. The summed E-state index contributed by atoms with van der Waals surface area (Å²) in [5.41, 5.74) is 0. The molecule has 0 amide bonds. The van der Waals surface area contributed by atoms with Crippen molar-refractivity contribution in [1.82, 2.24) is 0 Å². The van der Waals surface area contributed by atoms with Gasteiger partial charge in [0.05, 0.1) is 12.5 Å². The van der Waals surface area contributed by atoms with Gasteiger partial charge in [-0.15, -0.1) is 0 Å². The second-order valence-corrected chi connectivity index (χ2v) is 19.5. The highest BCUT2D eigenvalue weighted by Crippen LogP contribution is 2.40. The van der Waals surface area contributed by atoms with Crippen LogP contribution in [-0.2, 0) is 13.6 Å². The van der Waals surface area contributed by atoms with Crippen LogP contribution < -0.4 is 0 Å². The molecule has 0 saturated heterocycles. The summed E-state index contributed by atoms with van der Waals surface area (Å²) in [6, 6.07) is 0. The van der Waals surface area contributed by atoms with Crippen molar-refractivity contribution in [2.45, 2.75) is 110 Å². The molecule has 0 aromatic rings. The van der Waals surface area contributed by atoms with Gasteiger partial charge in [-0.25, -0.2) is 0 Å². The summed E-state index contributed by atoms with van der Waals surface area (Å²) in [4.78, 5) is 11.3. The SMILES string of the molecule is C[C@H](C[C@H](CC(=O)O)O[Si](C)(C)C(C)(C)C)O[Si](C)(C)C(C)(C)C. The van der Waals surface area contributed by atoms with Gasteiger partial charge in [0.1, 0.15) is 0 Å². The summed E-state index contributed by atoms with van der Waals surface area (Å²) in [6.45, 7) is 24.0. The zero-order chi connectivity index (χ0) is 19.6. The van der Waals surface area contributed by atoms with Crippen LogP contribution in [0.5, 0.6) is 0 Å². The third kappa shape index (κ3) is 7.37. The van der Waals surface area contributed by atoms with Gasteiger partial charge in [0.25, 0.3) is 0 Å². The van der Waals surface area contributed by atoms with E-state index >= 15 is 0 Å². The average Bonchev–Trinajstić information content (AvgIpc) is 2.22. The number of rotatable bonds is 8. The minimum absolute atomic E-state index is 0.00000929. The van der Waals surface area contributed by atoms with Gasteiger partial charge in [-0.2, -0.15) is 0 Å². The van der Waals surface area contributed by atoms with Crippen molar-refractivity contribution in [3.05, 3.63) is 0 Å². The van der Waals surface area contributed by atoms with E-state index in [9.17, 15) is 9.90 Å². The molecule has 0 heterocycles. The summed E-state index contributed by atoms with van der Waals surface area (Å²) in [6.07, 6.45) is 0.381. The Balaban J connectivity index is 5.07. The first-order chi connectivity index (χ1) is 10.4. The maximum Gasteiger partial charge on any atom is 0.305 e. The number of hydrogen-bond acceptors (Lipinski definition) is 3. The molecule has 0 rings (SSSR count). The van der Waals surface area contributed by atoms with E-state index in [2.05, 4.69) is 67.7 Å². The van der Waals surface area contributed by atoms with Crippen LogP contribution in [-0.4, -0.2) is 39.9 Å². The third-order valence-corrected chi connectivity index (χ3v) is 14.7. The van der Waals surface area contributed by atoms with Crippen LogP contribution in [0.15, 0.2) is 0 Å². The van der Waals surface area contributed by atoms with Gasteiger partial charge >= 0.3 is 5.97 Å². The lowest BCUT2D eigenvalue weighted by Crippen LogP contribution is -2.47. The molecule has 1 N–H and O–H groups in total. The van der Waals surface area contributed by atoms with Crippen molar-refractivity contribution >= 4 is 22.6 Å². The molecule has 0 bridgehead atoms. The Bertz CT molecular complexity index is 420. The molecule has 0 aliphatic heterocycles. The summed E-state index contributed by atoms with van der Waals surface area (Å²) in [5.74, 6) is -0.807.